The van der Waals surface area contributed by atoms with Crippen LogP contribution in [0, 0.1) is 23.7 Å². The van der Waals surface area contributed by atoms with Crippen LogP contribution in [-0.4, -0.2) is 101 Å². The number of sulfonamides is 1. The number of rotatable bonds is 5. The fourth-order valence-electron chi connectivity index (χ4n) is 9.63. The van der Waals surface area contributed by atoms with Crippen molar-refractivity contribution in [1.29, 1.82) is 0 Å². The number of anilines is 1. The number of amides is 2. The molecule has 3 heterocycles. The lowest BCUT2D eigenvalue weighted by Gasteiger charge is -2.48. The van der Waals surface area contributed by atoms with Crippen LogP contribution in [0.25, 0.3) is 0 Å². The molecule has 10 nitrogen and oxygen atoms in total. The summed E-state index contributed by atoms with van der Waals surface area (Å²) in [5, 5.41) is 0.0202. The lowest BCUT2D eigenvalue weighted by molar-refractivity contribution is -0.137. The molecule has 2 aromatic carbocycles. The molecule has 2 bridgehead atoms. The van der Waals surface area contributed by atoms with Crippen LogP contribution < -0.4 is 14.4 Å². The number of hydrogen-bond donors (Lipinski definition) is 1. The van der Waals surface area contributed by atoms with Gasteiger partial charge < -0.3 is 19.3 Å². The number of benzene rings is 2. The number of ether oxygens (including phenoxy) is 2. The zero-order chi connectivity index (χ0) is 36.6. The summed E-state index contributed by atoms with van der Waals surface area (Å²) in [6, 6.07) is 11.6. The SMILES string of the molecule is COCCN1CCN(C[C@H]2CCC[C@H](C)[C@@H](C)S(=O)(=O)NC(=O)c3ccc4c(c3)N(C[C@@H]3CC[C@@H]23)C[C@@]2(CCCc3cc(Cl)ccc32)CO4)CC1=O. The minimum atomic E-state index is -3.91. The summed E-state index contributed by atoms with van der Waals surface area (Å²) in [6.45, 7) is 9.77. The van der Waals surface area contributed by atoms with Gasteiger partial charge in [-0.1, -0.05) is 31.0 Å². The Morgan fingerprint density at radius 1 is 1.04 bits per heavy atom. The molecule has 12 heteroatoms. The van der Waals surface area contributed by atoms with E-state index in [2.05, 4.69) is 26.7 Å². The van der Waals surface area contributed by atoms with Crippen molar-refractivity contribution < 1.29 is 27.5 Å². The van der Waals surface area contributed by atoms with E-state index in [-0.39, 0.29) is 17.2 Å². The minimum Gasteiger partial charge on any atom is -0.490 e. The summed E-state index contributed by atoms with van der Waals surface area (Å²) in [7, 11) is -2.25. The summed E-state index contributed by atoms with van der Waals surface area (Å²) >= 11 is 6.48. The Balaban J connectivity index is 1.22. The van der Waals surface area contributed by atoms with E-state index < -0.39 is 21.2 Å². The minimum absolute atomic E-state index is 0.123. The van der Waals surface area contributed by atoms with Gasteiger partial charge in [-0.05, 0) is 117 Å². The normalized spacial score (nSPS) is 31.1. The Kier molecular flexibility index (Phi) is 11.1. The maximum absolute atomic E-state index is 13.6. The fraction of sp³-hybridized carbons (Fsp3) is 0.650. The van der Waals surface area contributed by atoms with Crippen LogP contribution in [0.4, 0.5) is 5.69 Å². The van der Waals surface area contributed by atoms with Gasteiger partial charge >= 0.3 is 0 Å². The third-order valence-electron chi connectivity index (χ3n) is 13.1. The molecule has 0 aromatic heterocycles. The molecule has 0 radical (unpaired) electrons. The third-order valence-corrected chi connectivity index (χ3v) is 15.2. The smallest absolute Gasteiger partial charge is 0.264 e. The Morgan fingerprint density at radius 3 is 2.65 bits per heavy atom. The van der Waals surface area contributed by atoms with Crippen molar-refractivity contribution in [3.05, 3.63) is 58.1 Å². The second kappa shape index (κ2) is 15.5. The van der Waals surface area contributed by atoms with Crippen LogP contribution in [-0.2, 0) is 31.4 Å². The second-order valence-electron chi connectivity index (χ2n) is 16.2. The van der Waals surface area contributed by atoms with Gasteiger partial charge in [0, 0.05) is 62.4 Å². The molecular weight excluding hydrogens is 700 g/mol. The highest BCUT2D eigenvalue weighted by molar-refractivity contribution is 7.90. The quantitative estimate of drug-likeness (QED) is 0.426. The molecule has 7 rings (SSSR count). The molecule has 2 aromatic rings. The lowest BCUT2D eigenvalue weighted by atomic mass is 9.65. The molecule has 2 aliphatic carbocycles. The van der Waals surface area contributed by atoms with Crippen LogP contribution in [0.3, 0.4) is 0 Å². The molecule has 1 spiro atoms. The van der Waals surface area contributed by atoms with Crippen LogP contribution in [0.15, 0.2) is 36.4 Å². The standard InChI is InChI=1S/C40H55ClN4O6S/c1-27-6-4-7-31(22-43-16-17-44(18-19-50-3)38(46)24-43)34-12-9-32(34)23-45-25-40(15-5-8-29-20-33(41)11-13-35(29)40)26-51-37-14-10-30(21-36(37)45)39(47)42-52(48,49)28(27)2/h10-11,13-14,20-21,27-28,31-32,34H,4-9,12,15-19,22-26H2,1-3H3,(H,42,47)/t27-,28+,31+,32-,34-,40-/m0/s1. The van der Waals surface area contributed by atoms with Gasteiger partial charge in [0.25, 0.3) is 5.91 Å². The molecular formula is C40H55ClN4O6S. The third kappa shape index (κ3) is 7.70. The molecule has 1 saturated carbocycles. The first-order valence-electron chi connectivity index (χ1n) is 19.3. The van der Waals surface area contributed by atoms with E-state index in [4.69, 9.17) is 21.1 Å². The Morgan fingerprint density at radius 2 is 1.88 bits per heavy atom. The van der Waals surface area contributed by atoms with Gasteiger partial charge in [-0.2, -0.15) is 0 Å². The molecule has 2 amide bonds. The van der Waals surface area contributed by atoms with Gasteiger partial charge in [-0.15, -0.1) is 0 Å². The average molecular weight is 755 g/mol. The van der Waals surface area contributed by atoms with E-state index in [0.717, 1.165) is 94.0 Å². The van der Waals surface area contributed by atoms with Crippen molar-refractivity contribution in [2.45, 2.75) is 75.9 Å². The predicted molar refractivity (Wildman–Crippen MR) is 204 cm³/mol. The van der Waals surface area contributed by atoms with Crippen molar-refractivity contribution in [3.63, 3.8) is 0 Å². The van der Waals surface area contributed by atoms with Crippen LogP contribution in [0.2, 0.25) is 5.02 Å². The molecule has 5 aliphatic rings. The first-order valence-corrected chi connectivity index (χ1v) is 21.2. The summed E-state index contributed by atoms with van der Waals surface area (Å²) < 4.78 is 41.4. The Hall–Kier alpha value is -2.86. The molecule has 1 saturated heterocycles. The summed E-state index contributed by atoms with van der Waals surface area (Å²) in [4.78, 5) is 33.4. The van der Waals surface area contributed by atoms with E-state index in [9.17, 15) is 18.0 Å². The van der Waals surface area contributed by atoms with Gasteiger partial charge in [0.05, 0.1) is 30.7 Å². The fourth-order valence-corrected chi connectivity index (χ4v) is 11.1. The maximum atomic E-state index is 13.6. The van der Waals surface area contributed by atoms with Crippen molar-refractivity contribution in [3.8, 4) is 5.75 Å². The van der Waals surface area contributed by atoms with Gasteiger partial charge in [0.15, 0.2) is 0 Å². The average Bonchev–Trinajstić information content (AvgIpc) is 3.25. The first-order chi connectivity index (χ1) is 25.0. The van der Waals surface area contributed by atoms with Crippen LogP contribution in [0.5, 0.6) is 5.75 Å². The molecule has 284 valence electrons. The van der Waals surface area contributed by atoms with Gasteiger partial charge in [-0.25, -0.2) is 13.1 Å². The van der Waals surface area contributed by atoms with Crippen LogP contribution in [0.1, 0.15) is 80.3 Å². The highest BCUT2D eigenvalue weighted by atomic mass is 35.5. The van der Waals surface area contributed by atoms with Gasteiger partial charge in [-0.3, -0.25) is 14.5 Å². The molecule has 0 unspecified atom stereocenters. The zero-order valence-corrected chi connectivity index (χ0v) is 32.5. The zero-order valence-electron chi connectivity index (χ0n) is 30.9. The number of piperazine rings is 1. The number of halogens is 1. The van der Waals surface area contributed by atoms with E-state index in [1.165, 1.54) is 11.1 Å². The molecule has 6 atom stereocenters. The largest absolute Gasteiger partial charge is 0.490 e. The van der Waals surface area contributed by atoms with E-state index in [1.54, 1.807) is 20.1 Å². The summed E-state index contributed by atoms with van der Waals surface area (Å²) in [5.74, 6) is 1.47. The lowest BCUT2D eigenvalue weighted by Crippen LogP contribution is -2.53. The number of carbonyl (C=O) groups excluding carboxylic acids is 2. The Labute approximate surface area is 314 Å². The molecule has 1 N–H and O–H groups in total. The number of hydrogen-bond acceptors (Lipinski definition) is 8. The molecule has 3 aliphatic heterocycles. The van der Waals surface area contributed by atoms with E-state index in [0.29, 0.717) is 56.2 Å². The number of nitrogens with zero attached hydrogens (tertiary/aromatic N) is 3. The van der Waals surface area contributed by atoms with Gasteiger partial charge in [0.2, 0.25) is 15.9 Å². The number of methoxy groups -OCH3 is 1. The van der Waals surface area contributed by atoms with Crippen LogP contribution >= 0.6 is 11.6 Å². The number of fused-ring (bicyclic) bond motifs is 4. The highest BCUT2D eigenvalue weighted by Gasteiger charge is 2.45. The van der Waals surface area contributed by atoms with E-state index in [1.807, 2.05) is 30.0 Å². The molecule has 52 heavy (non-hydrogen) atoms. The van der Waals surface area contributed by atoms with Crippen molar-refractivity contribution in [2.75, 3.05) is 71.0 Å². The molecule has 2 fully saturated rings. The maximum Gasteiger partial charge on any atom is 0.264 e. The van der Waals surface area contributed by atoms with E-state index >= 15 is 0 Å². The van der Waals surface area contributed by atoms with Crippen molar-refractivity contribution in [2.24, 2.45) is 23.7 Å². The van der Waals surface area contributed by atoms with Gasteiger partial charge in [0.1, 0.15) is 5.75 Å². The highest BCUT2D eigenvalue weighted by Crippen LogP contribution is 2.48. The summed E-state index contributed by atoms with van der Waals surface area (Å²) in [5.41, 5.74) is 3.46. The summed E-state index contributed by atoms with van der Waals surface area (Å²) in [6.07, 6.45) is 7.90. The monoisotopic (exact) mass is 754 g/mol. The Bertz CT molecular complexity index is 1760. The number of nitrogens with one attached hydrogen (secondary N) is 1. The second-order valence-corrected chi connectivity index (χ2v) is 18.7. The topological polar surface area (TPSA) is 108 Å². The predicted octanol–water partition coefficient (Wildman–Crippen LogP) is 5.51. The number of aryl methyl sites for hydroxylation is 1. The van der Waals surface area contributed by atoms with Crippen molar-refractivity contribution in [1.82, 2.24) is 14.5 Å². The van der Waals surface area contributed by atoms with Crippen molar-refractivity contribution >= 4 is 39.1 Å². The number of carbonyl (C=O) groups is 2. The first kappa shape index (κ1) is 37.5.